The molecule has 0 atom stereocenters. The van der Waals surface area contributed by atoms with E-state index in [1.807, 2.05) is 38.1 Å². The van der Waals surface area contributed by atoms with E-state index in [0.717, 1.165) is 5.56 Å². The molecule has 0 saturated heterocycles. The molecule has 0 bridgehead atoms. The molecule has 1 aromatic carbocycles. The Bertz CT molecular complexity index is 878. The van der Waals surface area contributed by atoms with Gasteiger partial charge >= 0.3 is 5.97 Å². The second-order valence-corrected chi connectivity index (χ2v) is 6.19. The van der Waals surface area contributed by atoms with Gasteiger partial charge in [0.15, 0.2) is 5.78 Å². The van der Waals surface area contributed by atoms with Gasteiger partial charge in [0.05, 0.1) is 12.3 Å². The third-order valence-corrected chi connectivity index (χ3v) is 4.12. The fraction of sp³-hybridized carbons (Fsp3) is 0.350. The van der Waals surface area contributed by atoms with Gasteiger partial charge in [-0.15, -0.1) is 0 Å². The lowest BCUT2D eigenvalue weighted by molar-refractivity contribution is 0.0524. The number of benzene rings is 1. The molecule has 5 nitrogen and oxygen atoms in total. The van der Waals surface area contributed by atoms with Crippen molar-refractivity contribution in [3.8, 4) is 5.69 Å². The highest BCUT2D eigenvalue weighted by molar-refractivity contribution is 5.98. The Kier molecular flexibility index (Phi) is 5.57. The summed E-state index contributed by atoms with van der Waals surface area (Å²) < 4.78 is 6.43. The molecule has 1 aromatic heterocycles. The molecule has 1 heterocycles. The number of aromatic nitrogens is 1. The smallest absolute Gasteiger partial charge is 0.343 e. The van der Waals surface area contributed by atoms with Crippen molar-refractivity contribution in [2.24, 2.45) is 0 Å². The van der Waals surface area contributed by atoms with E-state index in [0.29, 0.717) is 16.9 Å². The van der Waals surface area contributed by atoms with Crippen LogP contribution in [0.15, 0.2) is 35.1 Å². The van der Waals surface area contributed by atoms with Crippen molar-refractivity contribution in [3.63, 3.8) is 0 Å². The van der Waals surface area contributed by atoms with Crippen molar-refractivity contribution >= 4 is 11.8 Å². The van der Waals surface area contributed by atoms with Crippen LogP contribution in [0, 0.1) is 6.92 Å². The van der Waals surface area contributed by atoms with Crippen molar-refractivity contribution in [3.05, 3.63) is 63.1 Å². The average molecular weight is 341 g/mol. The van der Waals surface area contributed by atoms with E-state index in [4.69, 9.17) is 4.74 Å². The largest absolute Gasteiger partial charge is 0.462 e. The summed E-state index contributed by atoms with van der Waals surface area (Å²) in [6, 6.07) is 8.84. The number of hydrogen-bond acceptors (Lipinski definition) is 4. The number of pyridine rings is 1. The lowest BCUT2D eigenvalue weighted by Gasteiger charge is -2.19. The van der Waals surface area contributed by atoms with Crippen LogP contribution in [0.1, 0.15) is 65.6 Å². The van der Waals surface area contributed by atoms with Crippen LogP contribution in [0.3, 0.4) is 0 Å². The Balaban J connectivity index is 2.88. The first kappa shape index (κ1) is 18.6. The maximum absolute atomic E-state index is 13.0. The van der Waals surface area contributed by atoms with E-state index < -0.39 is 11.5 Å². The first-order valence-electron chi connectivity index (χ1n) is 8.33. The molecular weight excluding hydrogens is 318 g/mol. The van der Waals surface area contributed by atoms with Crippen LogP contribution in [-0.4, -0.2) is 22.9 Å². The van der Waals surface area contributed by atoms with Gasteiger partial charge in [0.2, 0.25) is 0 Å². The number of Topliss-reactive ketones (excluding diaryl/α,β-unsaturated/α-hetero) is 1. The van der Waals surface area contributed by atoms with Crippen LogP contribution in [0.25, 0.3) is 5.69 Å². The zero-order valence-corrected chi connectivity index (χ0v) is 15.3. The predicted octanol–water partition coefficient (Wildman–Crippen LogP) is 3.65. The molecule has 0 unspecified atom stereocenters. The van der Waals surface area contributed by atoms with Crippen molar-refractivity contribution in [2.75, 3.05) is 6.61 Å². The summed E-state index contributed by atoms with van der Waals surface area (Å²) >= 11 is 0. The summed E-state index contributed by atoms with van der Waals surface area (Å²) in [4.78, 5) is 37.3. The highest BCUT2D eigenvalue weighted by atomic mass is 16.5. The zero-order valence-electron chi connectivity index (χ0n) is 15.3. The van der Waals surface area contributed by atoms with Crippen molar-refractivity contribution in [2.45, 2.75) is 40.5 Å². The Hall–Kier alpha value is -2.69. The molecule has 0 spiro atoms. The second-order valence-electron chi connectivity index (χ2n) is 6.19. The van der Waals surface area contributed by atoms with Crippen LogP contribution in [-0.2, 0) is 4.74 Å². The van der Waals surface area contributed by atoms with Gasteiger partial charge in [-0.1, -0.05) is 32.0 Å². The summed E-state index contributed by atoms with van der Waals surface area (Å²) in [7, 11) is 0. The molecule has 132 valence electrons. The zero-order chi connectivity index (χ0) is 18.7. The minimum Gasteiger partial charge on any atom is -0.462 e. The Morgan fingerprint density at radius 2 is 1.80 bits per heavy atom. The van der Waals surface area contributed by atoms with Gasteiger partial charge in [-0.3, -0.25) is 14.2 Å². The lowest BCUT2D eigenvalue weighted by Crippen LogP contribution is -2.30. The minimum absolute atomic E-state index is 0.129. The highest BCUT2D eigenvalue weighted by Crippen LogP contribution is 2.24. The van der Waals surface area contributed by atoms with Gasteiger partial charge in [0.1, 0.15) is 5.56 Å². The second kappa shape index (κ2) is 7.47. The third kappa shape index (κ3) is 3.55. The summed E-state index contributed by atoms with van der Waals surface area (Å²) in [5.41, 5.74) is 1.88. The number of rotatable bonds is 5. The maximum Gasteiger partial charge on any atom is 0.343 e. The molecule has 0 fully saturated rings. The Morgan fingerprint density at radius 1 is 1.16 bits per heavy atom. The van der Waals surface area contributed by atoms with Gasteiger partial charge in [-0.05, 0) is 44.4 Å². The Labute approximate surface area is 147 Å². The first-order chi connectivity index (χ1) is 11.8. The van der Waals surface area contributed by atoms with Crippen LogP contribution < -0.4 is 5.56 Å². The quantitative estimate of drug-likeness (QED) is 0.615. The summed E-state index contributed by atoms with van der Waals surface area (Å²) in [6.07, 6.45) is 0. The van der Waals surface area contributed by atoms with Crippen molar-refractivity contribution in [1.82, 2.24) is 4.57 Å². The minimum atomic E-state index is -0.717. The molecule has 5 heteroatoms. The monoisotopic (exact) mass is 341 g/mol. The molecule has 25 heavy (non-hydrogen) atoms. The number of carbonyl (C=O) groups excluding carboxylic acids is 2. The SMILES string of the molecule is CCOC(=O)c1cc(C(C)=O)c(C)n(-c2ccccc2C(C)C)c1=O. The molecule has 0 aliphatic carbocycles. The number of hydrogen-bond donors (Lipinski definition) is 0. The number of carbonyl (C=O) groups is 2. The van der Waals surface area contributed by atoms with E-state index in [-0.39, 0.29) is 23.9 Å². The normalized spacial score (nSPS) is 10.8. The average Bonchev–Trinajstić information content (AvgIpc) is 2.55. The Morgan fingerprint density at radius 3 is 2.36 bits per heavy atom. The molecule has 2 aromatic rings. The molecule has 2 rings (SSSR count). The number of esters is 1. The topological polar surface area (TPSA) is 65.4 Å². The molecule has 0 N–H and O–H groups in total. The molecule has 0 radical (unpaired) electrons. The standard InChI is InChI=1S/C20H23NO4/c1-6-25-20(24)17-11-16(14(5)22)13(4)21(19(17)23)18-10-8-7-9-15(18)12(2)3/h7-12H,6H2,1-5H3. The fourth-order valence-electron chi connectivity index (χ4n) is 2.88. The molecular formula is C20H23NO4. The number of ketones is 1. The fourth-order valence-corrected chi connectivity index (χ4v) is 2.88. The summed E-state index contributed by atoms with van der Waals surface area (Å²) in [5, 5.41) is 0. The predicted molar refractivity (Wildman–Crippen MR) is 96.8 cm³/mol. The van der Waals surface area contributed by atoms with E-state index in [1.54, 1.807) is 13.8 Å². The molecule has 0 saturated carbocycles. The maximum atomic E-state index is 13.0. The van der Waals surface area contributed by atoms with Gasteiger partial charge in [-0.25, -0.2) is 4.79 Å². The summed E-state index contributed by atoms with van der Waals surface area (Å²) in [5.74, 6) is -0.751. The highest BCUT2D eigenvalue weighted by Gasteiger charge is 2.22. The van der Waals surface area contributed by atoms with E-state index in [1.165, 1.54) is 17.6 Å². The van der Waals surface area contributed by atoms with Crippen LogP contribution in [0.5, 0.6) is 0 Å². The molecule has 0 amide bonds. The third-order valence-electron chi connectivity index (χ3n) is 4.12. The molecule has 0 aliphatic rings. The van der Waals surface area contributed by atoms with E-state index in [9.17, 15) is 14.4 Å². The first-order valence-corrected chi connectivity index (χ1v) is 8.33. The van der Waals surface area contributed by atoms with Crippen LogP contribution in [0.4, 0.5) is 0 Å². The van der Waals surface area contributed by atoms with Gasteiger partial charge in [0, 0.05) is 11.3 Å². The van der Waals surface area contributed by atoms with E-state index in [2.05, 4.69) is 0 Å². The van der Waals surface area contributed by atoms with Gasteiger partial charge in [-0.2, -0.15) is 0 Å². The van der Waals surface area contributed by atoms with Crippen LogP contribution in [0.2, 0.25) is 0 Å². The van der Waals surface area contributed by atoms with E-state index >= 15 is 0 Å². The lowest BCUT2D eigenvalue weighted by atomic mass is 9.99. The number of para-hydroxylation sites is 1. The number of ether oxygens (including phenoxy) is 1. The molecule has 0 aliphatic heterocycles. The van der Waals surface area contributed by atoms with Gasteiger partial charge in [0.25, 0.3) is 5.56 Å². The van der Waals surface area contributed by atoms with Crippen molar-refractivity contribution in [1.29, 1.82) is 0 Å². The summed E-state index contributed by atoms with van der Waals surface area (Å²) in [6.45, 7) is 9.01. The van der Waals surface area contributed by atoms with Crippen LogP contribution >= 0.6 is 0 Å². The number of nitrogens with zero attached hydrogens (tertiary/aromatic N) is 1. The van der Waals surface area contributed by atoms with Crippen molar-refractivity contribution < 1.29 is 14.3 Å². The van der Waals surface area contributed by atoms with Gasteiger partial charge < -0.3 is 4.74 Å².